The fraction of sp³-hybridized carbons (Fsp3) is 0.179. The van der Waals surface area contributed by atoms with Crippen LogP contribution in [-0.4, -0.2) is 26.9 Å². The fourth-order valence-corrected chi connectivity index (χ4v) is 3.94. The SMILES string of the molecule is Cn1c(=O)/c(=C/NCc2ccc(-c3ccccc3)cc2)c(=N)n2c1=N[C@H](CO)C2.Nc1ccccc1. The molecule has 8 heteroatoms. The summed E-state index contributed by atoms with van der Waals surface area (Å²) < 4.78 is 3.08. The van der Waals surface area contributed by atoms with Gasteiger partial charge in [-0.15, -0.1) is 0 Å². The molecule has 0 saturated heterocycles. The highest BCUT2D eigenvalue weighted by atomic mass is 16.3. The Hall–Kier alpha value is -4.43. The first-order valence-corrected chi connectivity index (χ1v) is 11.7. The Labute approximate surface area is 208 Å². The second kappa shape index (κ2) is 11.3. The van der Waals surface area contributed by atoms with Crippen molar-refractivity contribution in [3.63, 3.8) is 0 Å². The molecule has 184 valence electrons. The van der Waals surface area contributed by atoms with E-state index in [-0.39, 0.29) is 28.9 Å². The van der Waals surface area contributed by atoms with Crippen LogP contribution < -0.4 is 32.9 Å². The summed E-state index contributed by atoms with van der Waals surface area (Å²) in [4.78, 5) is 16.9. The lowest BCUT2D eigenvalue weighted by molar-refractivity contribution is 0.261. The molecule has 0 radical (unpaired) electrons. The van der Waals surface area contributed by atoms with Gasteiger partial charge in [-0.05, 0) is 28.8 Å². The summed E-state index contributed by atoms with van der Waals surface area (Å²) in [5.74, 6) is 0. The van der Waals surface area contributed by atoms with Crippen molar-refractivity contribution < 1.29 is 5.11 Å². The number of hydrogen-bond donors (Lipinski definition) is 4. The summed E-state index contributed by atoms with van der Waals surface area (Å²) in [6.07, 6.45) is 1.59. The molecule has 2 heterocycles. The van der Waals surface area contributed by atoms with E-state index in [4.69, 9.17) is 11.1 Å². The van der Waals surface area contributed by atoms with Crippen molar-refractivity contribution in [1.82, 2.24) is 14.5 Å². The first kappa shape index (κ1) is 24.7. The molecule has 0 bridgehead atoms. The second-order valence-electron chi connectivity index (χ2n) is 8.50. The summed E-state index contributed by atoms with van der Waals surface area (Å²) in [6, 6.07) is 27.6. The van der Waals surface area contributed by atoms with E-state index in [2.05, 4.69) is 34.6 Å². The van der Waals surface area contributed by atoms with Crippen molar-refractivity contribution in [1.29, 1.82) is 5.41 Å². The molecule has 1 aliphatic rings. The number of anilines is 1. The maximum atomic E-state index is 12.6. The smallest absolute Gasteiger partial charge is 0.265 e. The topological polar surface area (TPSA) is 121 Å². The number of para-hydroxylation sites is 1. The van der Waals surface area contributed by atoms with Crippen molar-refractivity contribution >= 4 is 11.9 Å². The molecule has 0 amide bonds. The lowest BCUT2D eigenvalue weighted by atomic mass is 10.0. The lowest BCUT2D eigenvalue weighted by Gasteiger charge is -2.07. The Kier molecular flexibility index (Phi) is 7.77. The van der Waals surface area contributed by atoms with Crippen LogP contribution in [0.3, 0.4) is 0 Å². The predicted molar refractivity (Wildman–Crippen MR) is 141 cm³/mol. The first-order chi connectivity index (χ1) is 17.5. The number of hydrogen-bond acceptors (Lipinski definition) is 6. The second-order valence-corrected chi connectivity index (χ2v) is 8.50. The van der Waals surface area contributed by atoms with Gasteiger partial charge in [0, 0.05) is 25.5 Å². The van der Waals surface area contributed by atoms with Gasteiger partial charge in [-0.1, -0.05) is 72.8 Å². The number of nitrogens with two attached hydrogens (primary N) is 1. The standard InChI is InChI=1S/C22H23N5O2.C6H7N/c1-26-21(29)19(20(23)27-13-18(14-28)25-22(26)27)12-24-11-15-7-9-17(10-8-15)16-5-3-2-4-6-16;7-6-4-2-1-3-5-6/h2-10,12,18,23-24,28H,11,13-14H2,1H3;1-5H,7H2/b19-12+,23-20?;/t18-;/m0./s1. The van der Waals surface area contributed by atoms with Crippen LogP contribution >= 0.6 is 0 Å². The molecule has 36 heavy (non-hydrogen) atoms. The highest BCUT2D eigenvalue weighted by Gasteiger charge is 2.18. The molecule has 0 unspecified atom stereocenters. The minimum Gasteiger partial charge on any atom is -0.399 e. The molecule has 0 saturated carbocycles. The zero-order chi connectivity index (χ0) is 25.5. The van der Waals surface area contributed by atoms with Crippen molar-refractivity contribution in [2.24, 2.45) is 12.0 Å². The van der Waals surface area contributed by atoms with E-state index in [0.29, 0.717) is 18.7 Å². The minimum atomic E-state index is -0.309. The van der Waals surface area contributed by atoms with Crippen molar-refractivity contribution in [2.75, 3.05) is 12.3 Å². The largest absolute Gasteiger partial charge is 0.399 e. The number of aliphatic hydroxyl groups is 1. The van der Waals surface area contributed by atoms with E-state index in [9.17, 15) is 9.90 Å². The van der Waals surface area contributed by atoms with Gasteiger partial charge < -0.3 is 16.2 Å². The predicted octanol–water partition coefficient (Wildman–Crippen LogP) is 1.12. The van der Waals surface area contributed by atoms with Gasteiger partial charge in [-0.3, -0.25) is 19.3 Å². The van der Waals surface area contributed by atoms with E-state index >= 15 is 0 Å². The molecule has 5 N–H and O–H groups in total. The number of nitrogens with one attached hydrogen (secondary N) is 2. The van der Waals surface area contributed by atoms with Gasteiger partial charge >= 0.3 is 0 Å². The monoisotopic (exact) mass is 482 g/mol. The summed E-state index contributed by atoms with van der Waals surface area (Å²) in [6.45, 7) is 0.842. The Bertz CT molecular complexity index is 1540. The maximum absolute atomic E-state index is 12.6. The van der Waals surface area contributed by atoms with Crippen molar-refractivity contribution in [2.45, 2.75) is 19.1 Å². The van der Waals surface area contributed by atoms with E-state index < -0.39 is 0 Å². The normalized spacial score (nSPS) is 14.4. The van der Waals surface area contributed by atoms with Crippen LogP contribution in [0.5, 0.6) is 0 Å². The summed E-state index contributed by atoms with van der Waals surface area (Å²) >= 11 is 0. The molecule has 4 aromatic rings. The zero-order valence-electron chi connectivity index (χ0n) is 20.1. The molecule has 1 aliphatic heterocycles. The fourth-order valence-electron chi connectivity index (χ4n) is 3.94. The highest BCUT2D eigenvalue weighted by molar-refractivity contribution is 5.63. The van der Waals surface area contributed by atoms with E-state index in [0.717, 1.165) is 16.8 Å². The van der Waals surface area contributed by atoms with Gasteiger partial charge in [0.2, 0.25) is 5.62 Å². The Balaban J connectivity index is 0.000000375. The summed E-state index contributed by atoms with van der Waals surface area (Å²) in [7, 11) is 1.64. The average molecular weight is 483 g/mol. The van der Waals surface area contributed by atoms with E-state index in [1.165, 1.54) is 10.1 Å². The number of fused-ring (bicyclic) bond motifs is 1. The quantitative estimate of drug-likeness (QED) is 0.319. The van der Waals surface area contributed by atoms with Crippen LogP contribution in [0.4, 0.5) is 5.69 Å². The Morgan fingerprint density at radius 3 is 2.22 bits per heavy atom. The number of rotatable bonds is 5. The van der Waals surface area contributed by atoms with Crippen LogP contribution in [0.1, 0.15) is 5.56 Å². The Morgan fingerprint density at radius 2 is 1.64 bits per heavy atom. The number of aliphatic hydroxyl groups excluding tert-OH is 1. The molecule has 5 rings (SSSR count). The third-order valence-corrected chi connectivity index (χ3v) is 5.92. The maximum Gasteiger partial charge on any atom is 0.265 e. The van der Waals surface area contributed by atoms with Crippen LogP contribution in [0.25, 0.3) is 17.3 Å². The van der Waals surface area contributed by atoms with E-state index in [1.807, 2.05) is 60.7 Å². The van der Waals surface area contributed by atoms with Crippen LogP contribution in [0.2, 0.25) is 0 Å². The third-order valence-electron chi connectivity index (χ3n) is 5.92. The summed E-state index contributed by atoms with van der Waals surface area (Å²) in [5, 5.41) is 21.1. The molecule has 1 aromatic heterocycles. The third kappa shape index (κ3) is 5.61. The van der Waals surface area contributed by atoms with Gasteiger partial charge in [0.1, 0.15) is 5.49 Å². The molecule has 0 fully saturated rings. The molecule has 0 spiro atoms. The number of benzene rings is 3. The average Bonchev–Trinajstić information content (AvgIpc) is 3.36. The zero-order valence-corrected chi connectivity index (χ0v) is 20.1. The highest BCUT2D eigenvalue weighted by Crippen LogP contribution is 2.19. The first-order valence-electron chi connectivity index (χ1n) is 11.7. The van der Waals surface area contributed by atoms with Crippen molar-refractivity contribution in [3.05, 3.63) is 117 Å². The van der Waals surface area contributed by atoms with Crippen LogP contribution in [0, 0.1) is 5.41 Å². The molecule has 3 aromatic carbocycles. The number of aromatic nitrogens is 2. The minimum absolute atomic E-state index is 0.106. The van der Waals surface area contributed by atoms with Gasteiger partial charge in [0.05, 0.1) is 24.4 Å². The van der Waals surface area contributed by atoms with Gasteiger partial charge in [-0.25, -0.2) is 4.99 Å². The van der Waals surface area contributed by atoms with Gasteiger partial charge in [-0.2, -0.15) is 0 Å². The molecular formula is C28H30N6O2. The van der Waals surface area contributed by atoms with Gasteiger partial charge in [0.15, 0.2) is 0 Å². The van der Waals surface area contributed by atoms with Crippen LogP contribution in [0.15, 0.2) is 94.7 Å². The van der Waals surface area contributed by atoms with Crippen molar-refractivity contribution in [3.8, 4) is 11.1 Å². The number of nitrogens with zero attached hydrogens (tertiary/aromatic N) is 3. The molecule has 1 atom stereocenters. The lowest BCUT2D eigenvalue weighted by Crippen LogP contribution is -2.57. The number of nitrogen functional groups attached to an aromatic ring is 1. The van der Waals surface area contributed by atoms with Gasteiger partial charge in [0.25, 0.3) is 5.56 Å². The Morgan fingerprint density at radius 1 is 1.03 bits per heavy atom. The molecule has 8 nitrogen and oxygen atoms in total. The van der Waals surface area contributed by atoms with Crippen LogP contribution in [-0.2, 0) is 20.1 Å². The molecular weight excluding hydrogens is 452 g/mol. The van der Waals surface area contributed by atoms with E-state index in [1.54, 1.807) is 17.8 Å². The molecule has 0 aliphatic carbocycles. The summed E-state index contributed by atoms with van der Waals surface area (Å²) in [5.41, 5.74) is 9.82.